The summed E-state index contributed by atoms with van der Waals surface area (Å²) in [5.74, 6) is 2.52. The second kappa shape index (κ2) is 7.68. The van der Waals surface area contributed by atoms with E-state index < -0.39 is 0 Å². The fourth-order valence-corrected chi connectivity index (χ4v) is 3.29. The number of ether oxygens (including phenoxy) is 2. The Morgan fingerprint density at radius 3 is 2.83 bits per heavy atom. The number of nitrogens with zero attached hydrogens (tertiary/aromatic N) is 1. The SMILES string of the molecule is CCN(Cc1ccc2c(c1)OCO2)C(=O)CCC1CCNCC1. The van der Waals surface area contributed by atoms with Gasteiger partial charge in [-0.2, -0.15) is 0 Å². The van der Waals surface area contributed by atoms with Crippen LogP contribution in [-0.4, -0.2) is 37.2 Å². The van der Waals surface area contributed by atoms with Crippen molar-refractivity contribution in [1.82, 2.24) is 10.2 Å². The fourth-order valence-electron chi connectivity index (χ4n) is 3.29. The monoisotopic (exact) mass is 318 g/mol. The second-order valence-electron chi connectivity index (χ2n) is 6.33. The lowest BCUT2D eigenvalue weighted by molar-refractivity contribution is -0.132. The van der Waals surface area contributed by atoms with Crippen molar-refractivity contribution < 1.29 is 14.3 Å². The van der Waals surface area contributed by atoms with Gasteiger partial charge in [0.15, 0.2) is 11.5 Å². The highest BCUT2D eigenvalue weighted by molar-refractivity contribution is 5.76. The van der Waals surface area contributed by atoms with Crippen molar-refractivity contribution in [2.24, 2.45) is 5.92 Å². The van der Waals surface area contributed by atoms with Crippen molar-refractivity contribution in [2.45, 2.75) is 39.2 Å². The zero-order valence-corrected chi connectivity index (χ0v) is 13.8. The lowest BCUT2D eigenvalue weighted by Crippen LogP contribution is -2.32. The molecule has 1 saturated heterocycles. The summed E-state index contributed by atoms with van der Waals surface area (Å²) in [6, 6.07) is 5.91. The zero-order valence-electron chi connectivity index (χ0n) is 13.8. The van der Waals surface area contributed by atoms with Gasteiger partial charge in [-0.3, -0.25) is 4.79 Å². The maximum Gasteiger partial charge on any atom is 0.231 e. The summed E-state index contributed by atoms with van der Waals surface area (Å²) in [4.78, 5) is 14.4. The van der Waals surface area contributed by atoms with Crippen LogP contribution in [0.25, 0.3) is 0 Å². The molecular weight excluding hydrogens is 292 g/mol. The van der Waals surface area contributed by atoms with Crippen molar-refractivity contribution in [1.29, 1.82) is 0 Å². The van der Waals surface area contributed by atoms with Crippen LogP contribution in [-0.2, 0) is 11.3 Å². The maximum atomic E-state index is 12.5. The van der Waals surface area contributed by atoms with Crippen LogP contribution >= 0.6 is 0 Å². The van der Waals surface area contributed by atoms with Gasteiger partial charge in [0.1, 0.15) is 0 Å². The van der Waals surface area contributed by atoms with Crippen molar-refractivity contribution in [3.63, 3.8) is 0 Å². The number of hydrogen-bond acceptors (Lipinski definition) is 4. The van der Waals surface area contributed by atoms with E-state index in [9.17, 15) is 4.79 Å². The Morgan fingerprint density at radius 1 is 1.26 bits per heavy atom. The molecule has 0 atom stereocenters. The summed E-state index contributed by atoms with van der Waals surface area (Å²) >= 11 is 0. The zero-order chi connectivity index (χ0) is 16.1. The van der Waals surface area contributed by atoms with E-state index in [0.29, 0.717) is 18.9 Å². The van der Waals surface area contributed by atoms with E-state index in [1.807, 2.05) is 30.0 Å². The van der Waals surface area contributed by atoms with E-state index in [4.69, 9.17) is 9.47 Å². The predicted octanol–water partition coefficient (Wildman–Crippen LogP) is 2.54. The highest BCUT2D eigenvalue weighted by Crippen LogP contribution is 2.32. The topological polar surface area (TPSA) is 50.8 Å². The first-order chi connectivity index (χ1) is 11.3. The highest BCUT2D eigenvalue weighted by Gasteiger charge is 2.19. The lowest BCUT2D eigenvalue weighted by Gasteiger charge is -2.25. The number of carbonyl (C=O) groups is 1. The number of nitrogens with one attached hydrogen (secondary N) is 1. The summed E-state index contributed by atoms with van der Waals surface area (Å²) in [6.45, 7) is 5.87. The van der Waals surface area contributed by atoms with Gasteiger partial charge < -0.3 is 19.7 Å². The normalized spacial score (nSPS) is 17.3. The molecule has 2 aliphatic heterocycles. The van der Waals surface area contributed by atoms with Crippen LogP contribution in [0, 0.1) is 5.92 Å². The summed E-state index contributed by atoms with van der Waals surface area (Å²) in [5.41, 5.74) is 1.09. The van der Waals surface area contributed by atoms with Crippen LogP contribution < -0.4 is 14.8 Å². The Bertz CT molecular complexity index is 541. The quantitative estimate of drug-likeness (QED) is 0.876. The number of carbonyl (C=O) groups excluding carboxylic acids is 1. The first-order valence-electron chi connectivity index (χ1n) is 8.63. The molecule has 1 aromatic carbocycles. The molecule has 0 spiro atoms. The fraction of sp³-hybridized carbons (Fsp3) is 0.611. The Hall–Kier alpha value is -1.75. The van der Waals surface area contributed by atoms with Gasteiger partial charge in [0.25, 0.3) is 0 Å². The molecule has 1 amide bonds. The highest BCUT2D eigenvalue weighted by atomic mass is 16.7. The minimum atomic E-state index is 0.253. The molecule has 1 aromatic rings. The van der Waals surface area contributed by atoms with Crippen LogP contribution in [0.5, 0.6) is 11.5 Å². The Labute approximate surface area is 137 Å². The van der Waals surface area contributed by atoms with E-state index >= 15 is 0 Å². The van der Waals surface area contributed by atoms with Gasteiger partial charge in [0.2, 0.25) is 12.7 Å². The molecule has 3 rings (SSSR count). The standard InChI is InChI=1S/C18H26N2O3/c1-2-20(18(21)6-4-14-7-9-19-10-8-14)12-15-3-5-16-17(11-15)23-13-22-16/h3,5,11,14,19H,2,4,6-10,12-13H2,1H3. The van der Waals surface area contributed by atoms with E-state index in [1.165, 1.54) is 12.8 Å². The molecule has 0 radical (unpaired) electrons. The summed E-state index contributed by atoms with van der Waals surface area (Å²) < 4.78 is 10.7. The van der Waals surface area contributed by atoms with E-state index in [-0.39, 0.29) is 12.7 Å². The van der Waals surface area contributed by atoms with Gasteiger partial charge in [-0.05, 0) is 62.9 Å². The molecule has 2 aliphatic rings. The Balaban J connectivity index is 1.53. The van der Waals surface area contributed by atoms with Gasteiger partial charge in [-0.25, -0.2) is 0 Å². The van der Waals surface area contributed by atoms with Crippen LogP contribution in [0.2, 0.25) is 0 Å². The molecule has 1 N–H and O–H groups in total. The second-order valence-corrected chi connectivity index (χ2v) is 6.33. The van der Waals surface area contributed by atoms with Gasteiger partial charge in [-0.15, -0.1) is 0 Å². The molecule has 23 heavy (non-hydrogen) atoms. The number of rotatable bonds is 6. The average molecular weight is 318 g/mol. The first-order valence-corrected chi connectivity index (χ1v) is 8.63. The van der Waals surface area contributed by atoms with E-state index in [2.05, 4.69) is 5.32 Å². The molecule has 0 saturated carbocycles. The molecule has 5 heteroatoms. The third kappa shape index (κ3) is 4.16. The number of piperidine rings is 1. The molecule has 0 bridgehead atoms. The van der Waals surface area contributed by atoms with Crippen LogP contribution in [0.1, 0.15) is 38.2 Å². The van der Waals surface area contributed by atoms with Crippen molar-refractivity contribution in [3.05, 3.63) is 23.8 Å². The first kappa shape index (κ1) is 16.1. The Kier molecular flexibility index (Phi) is 5.39. The van der Waals surface area contributed by atoms with Crippen LogP contribution in [0.4, 0.5) is 0 Å². The largest absolute Gasteiger partial charge is 0.454 e. The molecule has 0 unspecified atom stereocenters. The lowest BCUT2D eigenvalue weighted by atomic mass is 9.93. The van der Waals surface area contributed by atoms with E-state index in [1.54, 1.807) is 0 Å². The van der Waals surface area contributed by atoms with Crippen molar-refractivity contribution >= 4 is 5.91 Å². The molecule has 5 nitrogen and oxygen atoms in total. The maximum absolute atomic E-state index is 12.5. The van der Waals surface area contributed by atoms with Crippen LogP contribution in [0.3, 0.4) is 0 Å². The summed E-state index contributed by atoms with van der Waals surface area (Å²) in [6.07, 6.45) is 4.06. The van der Waals surface area contributed by atoms with Gasteiger partial charge in [0, 0.05) is 19.5 Å². The molecule has 0 aromatic heterocycles. The predicted molar refractivity (Wildman–Crippen MR) is 88.5 cm³/mol. The van der Waals surface area contributed by atoms with Gasteiger partial charge in [0.05, 0.1) is 0 Å². The summed E-state index contributed by atoms with van der Waals surface area (Å²) in [5, 5.41) is 3.37. The average Bonchev–Trinajstić information content (AvgIpc) is 3.06. The molecule has 0 aliphatic carbocycles. The number of fused-ring (bicyclic) bond motifs is 1. The molecule has 126 valence electrons. The summed E-state index contributed by atoms with van der Waals surface area (Å²) in [7, 11) is 0. The minimum absolute atomic E-state index is 0.253. The Morgan fingerprint density at radius 2 is 2.04 bits per heavy atom. The van der Waals surface area contributed by atoms with Gasteiger partial charge in [-0.1, -0.05) is 6.07 Å². The minimum Gasteiger partial charge on any atom is -0.454 e. The molecule has 2 heterocycles. The number of benzene rings is 1. The molecular formula is C18H26N2O3. The van der Waals surface area contributed by atoms with Crippen molar-refractivity contribution in [3.8, 4) is 11.5 Å². The van der Waals surface area contributed by atoms with Gasteiger partial charge >= 0.3 is 0 Å². The smallest absolute Gasteiger partial charge is 0.231 e. The van der Waals surface area contributed by atoms with Crippen molar-refractivity contribution in [2.75, 3.05) is 26.4 Å². The van der Waals surface area contributed by atoms with Crippen LogP contribution in [0.15, 0.2) is 18.2 Å². The third-order valence-electron chi connectivity index (χ3n) is 4.77. The van der Waals surface area contributed by atoms with E-state index in [0.717, 1.165) is 43.1 Å². The number of amides is 1. The third-order valence-corrected chi connectivity index (χ3v) is 4.77. The molecule has 1 fully saturated rings. The number of hydrogen-bond donors (Lipinski definition) is 1.